The van der Waals surface area contributed by atoms with E-state index in [-0.39, 0.29) is 18.8 Å². The SMILES string of the molecule is O=C(CN1CCOCC1)OCN1C(=O)CN(/N=C/c2ccc(-c3ccc([N+](=O)[O-])cc3)o2)C1=O. The Kier molecular flexibility index (Phi) is 6.94. The molecule has 0 atom stereocenters. The molecule has 34 heavy (non-hydrogen) atoms. The van der Waals surface area contributed by atoms with Crippen LogP contribution < -0.4 is 0 Å². The molecule has 0 N–H and O–H groups in total. The number of carbonyl (C=O) groups is 3. The maximum Gasteiger partial charge on any atom is 0.350 e. The molecule has 178 valence electrons. The number of hydrogen-bond donors (Lipinski definition) is 0. The van der Waals surface area contributed by atoms with Gasteiger partial charge in [-0.25, -0.2) is 14.7 Å². The standard InChI is InChI=1S/C21H21N5O8/c27-19-12-25(21(29)24(19)14-33-20(28)13-23-7-9-32-10-8-23)22-11-17-5-6-18(34-17)15-1-3-16(4-2-15)26(30)31/h1-6,11H,7-10,12-14H2/b22-11+. The first-order chi connectivity index (χ1) is 16.4. The Bertz CT molecular complexity index is 1110. The highest BCUT2D eigenvalue weighted by molar-refractivity contribution is 6.02. The molecule has 2 saturated heterocycles. The molecule has 0 spiro atoms. The first-order valence-electron chi connectivity index (χ1n) is 10.4. The van der Waals surface area contributed by atoms with Crippen LogP contribution in [0.25, 0.3) is 11.3 Å². The van der Waals surface area contributed by atoms with Crippen molar-refractivity contribution >= 4 is 29.8 Å². The highest BCUT2D eigenvalue weighted by Crippen LogP contribution is 2.24. The molecule has 0 unspecified atom stereocenters. The van der Waals surface area contributed by atoms with E-state index >= 15 is 0 Å². The number of nitro benzene ring substituents is 1. The molecule has 0 saturated carbocycles. The Morgan fingerprint density at radius 2 is 1.88 bits per heavy atom. The monoisotopic (exact) mass is 471 g/mol. The predicted octanol–water partition coefficient (Wildman–Crippen LogP) is 1.29. The Labute approximate surface area is 193 Å². The summed E-state index contributed by atoms with van der Waals surface area (Å²) < 4.78 is 15.9. The van der Waals surface area contributed by atoms with Gasteiger partial charge in [-0.3, -0.25) is 24.6 Å². The zero-order valence-corrected chi connectivity index (χ0v) is 18.0. The lowest BCUT2D eigenvalue weighted by molar-refractivity contribution is -0.384. The van der Waals surface area contributed by atoms with Crippen molar-refractivity contribution in [3.05, 3.63) is 52.3 Å². The molecule has 0 aliphatic carbocycles. The van der Waals surface area contributed by atoms with Gasteiger partial charge in [0, 0.05) is 30.8 Å². The Morgan fingerprint density at radius 1 is 1.15 bits per heavy atom. The third-order valence-electron chi connectivity index (χ3n) is 5.16. The lowest BCUT2D eigenvalue weighted by atomic mass is 10.1. The molecule has 4 rings (SSSR count). The van der Waals surface area contributed by atoms with E-state index in [4.69, 9.17) is 13.9 Å². The first-order valence-corrected chi connectivity index (χ1v) is 10.4. The molecular formula is C21H21N5O8. The van der Waals surface area contributed by atoms with Crippen molar-refractivity contribution in [1.82, 2.24) is 14.8 Å². The molecule has 1 aromatic carbocycles. The highest BCUT2D eigenvalue weighted by Gasteiger charge is 2.37. The van der Waals surface area contributed by atoms with Gasteiger partial charge in [0.25, 0.3) is 11.6 Å². The van der Waals surface area contributed by atoms with Crippen molar-refractivity contribution in [2.24, 2.45) is 5.10 Å². The minimum atomic E-state index is -0.720. The molecule has 3 amide bonds. The summed E-state index contributed by atoms with van der Waals surface area (Å²) >= 11 is 0. The fraction of sp³-hybridized carbons (Fsp3) is 0.333. The quantitative estimate of drug-likeness (QED) is 0.182. The van der Waals surface area contributed by atoms with E-state index in [1.54, 1.807) is 24.3 Å². The van der Waals surface area contributed by atoms with Gasteiger partial charge in [-0.2, -0.15) is 5.10 Å². The number of hydrogen-bond acceptors (Lipinski definition) is 10. The summed E-state index contributed by atoms with van der Waals surface area (Å²) in [5.41, 5.74) is 0.591. The summed E-state index contributed by atoms with van der Waals surface area (Å²) in [7, 11) is 0. The van der Waals surface area contributed by atoms with E-state index in [1.807, 2.05) is 4.90 Å². The van der Waals surface area contributed by atoms with Crippen LogP contribution in [-0.2, 0) is 19.1 Å². The van der Waals surface area contributed by atoms with Crippen molar-refractivity contribution in [3.63, 3.8) is 0 Å². The fourth-order valence-corrected chi connectivity index (χ4v) is 3.32. The number of non-ortho nitro benzene ring substituents is 1. The highest BCUT2D eigenvalue weighted by atomic mass is 16.6. The van der Waals surface area contributed by atoms with Gasteiger partial charge < -0.3 is 13.9 Å². The van der Waals surface area contributed by atoms with E-state index in [0.717, 1.165) is 9.91 Å². The van der Waals surface area contributed by atoms with Gasteiger partial charge >= 0.3 is 12.0 Å². The van der Waals surface area contributed by atoms with Gasteiger partial charge in [-0.1, -0.05) is 0 Å². The molecule has 0 bridgehead atoms. The third-order valence-corrected chi connectivity index (χ3v) is 5.16. The summed E-state index contributed by atoms with van der Waals surface area (Å²) in [5, 5.41) is 15.7. The number of furan rings is 1. The second-order valence-corrected chi connectivity index (χ2v) is 7.45. The van der Waals surface area contributed by atoms with E-state index in [9.17, 15) is 24.5 Å². The molecule has 1 aromatic heterocycles. The minimum absolute atomic E-state index is 0.0365. The third kappa shape index (κ3) is 5.44. The molecule has 3 heterocycles. The number of urea groups is 1. The molecule has 13 heteroatoms. The zero-order chi connectivity index (χ0) is 24.1. The number of nitro groups is 1. The number of benzene rings is 1. The number of imide groups is 1. The molecule has 2 aliphatic rings. The Hall–Kier alpha value is -4.10. The van der Waals surface area contributed by atoms with Gasteiger partial charge in [0.1, 0.15) is 18.1 Å². The number of carbonyl (C=O) groups excluding carboxylic acids is 3. The molecule has 2 aromatic rings. The van der Waals surface area contributed by atoms with Crippen LogP contribution in [-0.4, -0.2) is 90.0 Å². The van der Waals surface area contributed by atoms with Crippen molar-refractivity contribution < 1.29 is 33.2 Å². The molecule has 2 aliphatic heterocycles. The maximum atomic E-state index is 12.5. The Morgan fingerprint density at radius 3 is 2.59 bits per heavy atom. The van der Waals surface area contributed by atoms with Crippen LogP contribution in [0.4, 0.5) is 10.5 Å². The summed E-state index contributed by atoms with van der Waals surface area (Å²) in [5.74, 6) is -0.330. The maximum absolute atomic E-state index is 12.5. The van der Waals surface area contributed by atoms with Gasteiger partial charge in [0.15, 0.2) is 6.73 Å². The fourth-order valence-electron chi connectivity index (χ4n) is 3.32. The van der Waals surface area contributed by atoms with Crippen LogP contribution in [0.5, 0.6) is 0 Å². The average molecular weight is 471 g/mol. The van der Waals surface area contributed by atoms with Crippen LogP contribution in [0.15, 0.2) is 45.9 Å². The summed E-state index contributed by atoms with van der Waals surface area (Å²) in [4.78, 5) is 49.6. The molecule has 2 fully saturated rings. The number of rotatable bonds is 8. The zero-order valence-electron chi connectivity index (χ0n) is 18.0. The summed E-state index contributed by atoms with van der Waals surface area (Å²) in [6.07, 6.45) is 1.27. The van der Waals surface area contributed by atoms with Crippen molar-refractivity contribution in [2.75, 3.05) is 46.1 Å². The second kappa shape index (κ2) is 10.2. The molecule has 13 nitrogen and oxygen atoms in total. The lowest BCUT2D eigenvalue weighted by Crippen LogP contribution is -2.41. The summed E-state index contributed by atoms with van der Waals surface area (Å²) in [6.45, 7) is 1.56. The first kappa shape index (κ1) is 23.1. The van der Waals surface area contributed by atoms with Crippen LogP contribution in [0.3, 0.4) is 0 Å². The number of hydrazone groups is 1. The van der Waals surface area contributed by atoms with E-state index in [1.165, 1.54) is 18.3 Å². The molecule has 0 radical (unpaired) electrons. The van der Waals surface area contributed by atoms with Crippen LogP contribution in [0.2, 0.25) is 0 Å². The number of nitrogens with zero attached hydrogens (tertiary/aromatic N) is 5. The smallest absolute Gasteiger partial charge is 0.350 e. The number of morpholine rings is 1. The van der Waals surface area contributed by atoms with Crippen molar-refractivity contribution in [2.45, 2.75) is 0 Å². The van der Waals surface area contributed by atoms with E-state index < -0.39 is 29.6 Å². The lowest BCUT2D eigenvalue weighted by Gasteiger charge is -2.25. The number of ether oxygens (including phenoxy) is 2. The van der Waals surface area contributed by atoms with Gasteiger partial charge in [0.05, 0.1) is 30.9 Å². The number of esters is 1. The topological polar surface area (TPSA) is 148 Å². The van der Waals surface area contributed by atoms with Crippen LogP contribution in [0, 0.1) is 10.1 Å². The predicted molar refractivity (Wildman–Crippen MR) is 116 cm³/mol. The largest absolute Gasteiger partial charge is 0.455 e. The van der Waals surface area contributed by atoms with Gasteiger partial charge in [-0.15, -0.1) is 0 Å². The van der Waals surface area contributed by atoms with E-state index in [0.29, 0.717) is 43.4 Å². The number of amides is 3. The second-order valence-electron chi connectivity index (χ2n) is 7.45. The molecular weight excluding hydrogens is 450 g/mol. The Balaban J connectivity index is 1.30. The van der Waals surface area contributed by atoms with Gasteiger partial charge in [0.2, 0.25) is 0 Å². The van der Waals surface area contributed by atoms with Gasteiger partial charge in [-0.05, 0) is 24.3 Å². The average Bonchev–Trinajstić information content (AvgIpc) is 3.41. The van der Waals surface area contributed by atoms with Crippen LogP contribution >= 0.6 is 0 Å². The van der Waals surface area contributed by atoms with Crippen LogP contribution in [0.1, 0.15) is 5.76 Å². The van der Waals surface area contributed by atoms with Crippen molar-refractivity contribution in [3.8, 4) is 11.3 Å². The normalized spacial score (nSPS) is 17.1. The van der Waals surface area contributed by atoms with Crippen molar-refractivity contribution in [1.29, 1.82) is 0 Å². The minimum Gasteiger partial charge on any atom is -0.455 e. The summed E-state index contributed by atoms with van der Waals surface area (Å²) in [6, 6.07) is 8.37. The van der Waals surface area contributed by atoms with E-state index in [2.05, 4.69) is 5.10 Å².